The molecule has 0 spiro atoms. The van der Waals surface area contributed by atoms with E-state index in [0.717, 1.165) is 24.3 Å². The van der Waals surface area contributed by atoms with Gasteiger partial charge in [0.15, 0.2) is 0 Å². The summed E-state index contributed by atoms with van der Waals surface area (Å²) in [6, 6.07) is 0. The molecule has 1 saturated heterocycles. The molecule has 3 rings (SSSR count). The number of epoxide rings is 1. The fourth-order valence-corrected chi connectivity index (χ4v) is 3.16. The van der Waals surface area contributed by atoms with Crippen molar-refractivity contribution in [3.05, 3.63) is 0 Å². The predicted molar refractivity (Wildman–Crippen MR) is 42.0 cm³/mol. The molecule has 5 atom stereocenters. The van der Waals surface area contributed by atoms with Crippen LogP contribution < -0.4 is 5.73 Å². The molecule has 3 unspecified atom stereocenters. The van der Waals surface area contributed by atoms with E-state index in [-0.39, 0.29) is 0 Å². The maximum Gasteiger partial charge on any atom is 0.0873 e. The Labute approximate surface area is 67.1 Å². The van der Waals surface area contributed by atoms with Crippen molar-refractivity contribution in [3.8, 4) is 0 Å². The van der Waals surface area contributed by atoms with Crippen molar-refractivity contribution in [2.24, 2.45) is 23.5 Å². The van der Waals surface area contributed by atoms with Gasteiger partial charge in [-0.25, -0.2) is 0 Å². The zero-order valence-electron chi connectivity index (χ0n) is 6.70. The number of nitrogens with two attached hydrogens (primary N) is 1. The lowest BCUT2D eigenvalue weighted by molar-refractivity contribution is 0.136. The van der Waals surface area contributed by atoms with Crippen molar-refractivity contribution in [2.45, 2.75) is 31.5 Å². The summed E-state index contributed by atoms with van der Waals surface area (Å²) in [6.45, 7) is 0.895. The molecule has 11 heavy (non-hydrogen) atoms. The minimum absolute atomic E-state index is 0.663. The standard InChI is InChI=1S/C9H15NO/c10-4-5-1-6-3-7(2-5)9-8(6)11-9/h5-9H,1-4,10H2/t5?,6?,7?,8-,9+. The van der Waals surface area contributed by atoms with Crippen LogP contribution in [0.25, 0.3) is 0 Å². The monoisotopic (exact) mass is 153 g/mol. The molecule has 0 radical (unpaired) electrons. The number of hydrogen-bond acceptors (Lipinski definition) is 2. The molecule has 1 aliphatic heterocycles. The highest BCUT2D eigenvalue weighted by Crippen LogP contribution is 2.55. The maximum absolute atomic E-state index is 5.67. The van der Waals surface area contributed by atoms with E-state index in [2.05, 4.69) is 0 Å². The first-order valence-electron chi connectivity index (χ1n) is 4.74. The molecule has 2 heteroatoms. The summed E-state index contributed by atoms with van der Waals surface area (Å²) in [7, 11) is 0. The summed E-state index contributed by atoms with van der Waals surface area (Å²) < 4.78 is 5.57. The summed E-state index contributed by atoms with van der Waals surface area (Å²) in [5.74, 6) is 2.58. The smallest absolute Gasteiger partial charge is 0.0873 e. The van der Waals surface area contributed by atoms with Crippen LogP contribution in [-0.2, 0) is 4.74 Å². The third kappa shape index (κ3) is 0.798. The van der Waals surface area contributed by atoms with Crippen molar-refractivity contribution in [1.82, 2.24) is 0 Å². The fraction of sp³-hybridized carbons (Fsp3) is 1.00. The van der Waals surface area contributed by atoms with Crippen LogP contribution >= 0.6 is 0 Å². The molecule has 1 heterocycles. The Morgan fingerprint density at radius 3 is 2.27 bits per heavy atom. The van der Waals surface area contributed by atoms with E-state index in [9.17, 15) is 0 Å². The van der Waals surface area contributed by atoms with Gasteiger partial charge in [-0.2, -0.15) is 0 Å². The summed E-state index contributed by atoms with van der Waals surface area (Å²) >= 11 is 0. The van der Waals surface area contributed by atoms with E-state index < -0.39 is 0 Å². The first kappa shape index (κ1) is 6.44. The number of rotatable bonds is 1. The molecule has 2 bridgehead atoms. The molecular weight excluding hydrogens is 138 g/mol. The average Bonchev–Trinajstić information content (AvgIpc) is 2.78. The molecule has 62 valence electrons. The normalized spacial score (nSPS) is 59.2. The van der Waals surface area contributed by atoms with E-state index in [1.165, 1.54) is 19.3 Å². The topological polar surface area (TPSA) is 38.5 Å². The van der Waals surface area contributed by atoms with E-state index >= 15 is 0 Å². The second-order valence-corrected chi connectivity index (χ2v) is 4.39. The number of ether oxygens (including phenoxy) is 1. The van der Waals surface area contributed by atoms with Crippen LogP contribution in [0.3, 0.4) is 0 Å². The zero-order chi connectivity index (χ0) is 7.42. The average molecular weight is 153 g/mol. The Kier molecular flexibility index (Phi) is 1.16. The van der Waals surface area contributed by atoms with Gasteiger partial charge in [-0.15, -0.1) is 0 Å². The van der Waals surface area contributed by atoms with Gasteiger partial charge in [-0.3, -0.25) is 0 Å². The van der Waals surface area contributed by atoms with E-state index in [1.807, 2.05) is 0 Å². The van der Waals surface area contributed by atoms with Gasteiger partial charge in [0, 0.05) is 0 Å². The van der Waals surface area contributed by atoms with Gasteiger partial charge < -0.3 is 10.5 Å². The molecule has 0 amide bonds. The van der Waals surface area contributed by atoms with E-state index in [4.69, 9.17) is 10.5 Å². The molecule has 0 aromatic heterocycles. The zero-order valence-corrected chi connectivity index (χ0v) is 6.70. The number of hydrogen-bond donors (Lipinski definition) is 1. The van der Waals surface area contributed by atoms with E-state index in [1.54, 1.807) is 0 Å². The highest BCUT2D eigenvalue weighted by molar-refractivity contribution is 5.06. The summed E-state index contributed by atoms with van der Waals surface area (Å²) in [5, 5.41) is 0. The van der Waals surface area contributed by atoms with E-state index in [0.29, 0.717) is 12.2 Å². The molecule has 0 aromatic rings. The van der Waals surface area contributed by atoms with Crippen molar-refractivity contribution in [2.75, 3.05) is 6.54 Å². The number of fused-ring (bicyclic) bond motifs is 5. The maximum atomic E-state index is 5.67. The minimum Gasteiger partial charge on any atom is -0.369 e. The predicted octanol–water partition coefficient (Wildman–Crippen LogP) is 0.759. The largest absolute Gasteiger partial charge is 0.369 e. The van der Waals surface area contributed by atoms with Crippen LogP contribution in [0.1, 0.15) is 19.3 Å². The lowest BCUT2D eigenvalue weighted by Crippen LogP contribution is -2.26. The first-order chi connectivity index (χ1) is 5.38. The third-order valence-corrected chi connectivity index (χ3v) is 3.70. The van der Waals surface area contributed by atoms with Crippen LogP contribution in [0.4, 0.5) is 0 Å². The van der Waals surface area contributed by atoms with Gasteiger partial charge >= 0.3 is 0 Å². The van der Waals surface area contributed by atoms with Crippen molar-refractivity contribution < 1.29 is 4.74 Å². The van der Waals surface area contributed by atoms with Crippen molar-refractivity contribution in [1.29, 1.82) is 0 Å². The molecule has 2 aliphatic carbocycles. The second-order valence-electron chi connectivity index (χ2n) is 4.39. The highest BCUT2D eigenvalue weighted by Gasteiger charge is 2.58. The SMILES string of the molecule is NCC1CC2CC(C1)[C@@H]1O[C@H]21. The van der Waals surface area contributed by atoms with Crippen LogP contribution in [0.2, 0.25) is 0 Å². The van der Waals surface area contributed by atoms with Gasteiger partial charge in [-0.05, 0) is 43.6 Å². The van der Waals surface area contributed by atoms with Gasteiger partial charge in [-0.1, -0.05) is 0 Å². The van der Waals surface area contributed by atoms with Crippen molar-refractivity contribution >= 4 is 0 Å². The molecule has 3 aliphatic rings. The van der Waals surface area contributed by atoms with Gasteiger partial charge in [0.25, 0.3) is 0 Å². The Hall–Kier alpha value is -0.0800. The van der Waals surface area contributed by atoms with Crippen LogP contribution in [0.15, 0.2) is 0 Å². The van der Waals surface area contributed by atoms with Crippen LogP contribution in [0, 0.1) is 17.8 Å². The van der Waals surface area contributed by atoms with Gasteiger partial charge in [0.05, 0.1) is 12.2 Å². The summed E-state index contributed by atoms with van der Waals surface area (Å²) in [6.07, 6.45) is 5.45. The van der Waals surface area contributed by atoms with Gasteiger partial charge in [0.1, 0.15) is 0 Å². The summed E-state index contributed by atoms with van der Waals surface area (Å²) in [5.41, 5.74) is 5.67. The lowest BCUT2D eigenvalue weighted by Gasteiger charge is -2.28. The van der Waals surface area contributed by atoms with Gasteiger partial charge in [0.2, 0.25) is 0 Å². The van der Waals surface area contributed by atoms with Crippen LogP contribution in [-0.4, -0.2) is 18.8 Å². The second kappa shape index (κ2) is 1.99. The fourth-order valence-electron chi connectivity index (χ4n) is 3.16. The molecule has 2 N–H and O–H groups in total. The molecular formula is C9H15NO. The minimum atomic E-state index is 0.663. The molecule has 0 aromatic carbocycles. The quantitative estimate of drug-likeness (QED) is 0.565. The van der Waals surface area contributed by atoms with Crippen LogP contribution in [0.5, 0.6) is 0 Å². The third-order valence-electron chi connectivity index (χ3n) is 3.70. The molecule has 2 nitrogen and oxygen atoms in total. The molecule has 3 fully saturated rings. The Morgan fingerprint density at radius 1 is 1.09 bits per heavy atom. The Balaban J connectivity index is 1.78. The Morgan fingerprint density at radius 2 is 1.73 bits per heavy atom. The first-order valence-corrected chi connectivity index (χ1v) is 4.74. The highest BCUT2D eigenvalue weighted by atomic mass is 16.6. The van der Waals surface area contributed by atoms with Crippen molar-refractivity contribution in [3.63, 3.8) is 0 Å². The summed E-state index contributed by atoms with van der Waals surface area (Å²) in [4.78, 5) is 0. The Bertz CT molecular complexity index is 166. The lowest BCUT2D eigenvalue weighted by atomic mass is 9.80. The molecule has 2 saturated carbocycles.